The smallest absolute Gasteiger partial charge is 0.255 e. The molecule has 1 heterocycles. The second-order valence-electron chi connectivity index (χ2n) is 2.68. The summed E-state index contributed by atoms with van der Waals surface area (Å²) in [6.07, 6.45) is -0.526. The highest BCUT2D eigenvalue weighted by atomic mass is 32.1. The summed E-state index contributed by atoms with van der Waals surface area (Å²) in [5.41, 5.74) is 0. The van der Waals surface area contributed by atoms with Crippen molar-refractivity contribution in [1.82, 2.24) is 9.78 Å². The van der Waals surface area contributed by atoms with Crippen LogP contribution >= 0.6 is 11.3 Å². The number of halogens is 1. The third-order valence-corrected chi connectivity index (χ3v) is 2.21. The van der Waals surface area contributed by atoms with Crippen LogP contribution in [0.15, 0.2) is 4.79 Å². The summed E-state index contributed by atoms with van der Waals surface area (Å²) < 4.78 is 13.7. The molecule has 0 aliphatic heterocycles. The predicted molar refractivity (Wildman–Crippen MR) is 46.3 cm³/mol. The monoisotopic (exact) mass is 190 g/mol. The van der Waals surface area contributed by atoms with Gasteiger partial charge in [-0.3, -0.25) is 4.79 Å². The molecule has 1 aromatic heterocycles. The van der Waals surface area contributed by atoms with Crippen LogP contribution in [0, 0.1) is 6.92 Å². The zero-order chi connectivity index (χ0) is 9.14. The van der Waals surface area contributed by atoms with Crippen molar-refractivity contribution < 1.29 is 4.39 Å². The third-order valence-electron chi connectivity index (χ3n) is 1.45. The summed E-state index contributed by atoms with van der Waals surface area (Å²) in [5, 5.41) is 4.67. The van der Waals surface area contributed by atoms with Crippen molar-refractivity contribution >= 4 is 11.3 Å². The molecule has 0 amide bonds. The van der Waals surface area contributed by atoms with Crippen molar-refractivity contribution in [2.45, 2.75) is 33.0 Å². The molecule has 1 atom stereocenters. The van der Waals surface area contributed by atoms with Gasteiger partial charge in [0.15, 0.2) is 0 Å². The first-order chi connectivity index (χ1) is 5.59. The van der Waals surface area contributed by atoms with Crippen LogP contribution in [0.5, 0.6) is 0 Å². The maximum absolute atomic E-state index is 12.4. The number of nitrogens with zero attached hydrogens (tertiary/aromatic N) is 2. The highest BCUT2D eigenvalue weighted by Gasteiger charge is 2.04. The maximum Gasteiger partial charge on any atom is 0.325 e. The largest absolute Gasteiger partial charge is 0.325 e. The molecular formula is C7H11FN2OS. The van der Waals surface area contributed by atoms with Crippen molar-refractivity contribution in [3.05, 3.63) is 14.7 Å². The number of aryl methyl sites for hydroxylation is 2. The maximum atomic E-state index is 12.4. The van der Waals surface area contributed by atoms with Crippen LogP contribution in [0.3, 0.4) is 0 Å². The second-order valence-corrected chi connectivity index (χ2v) is 3.82. The lowest BCUT2D eigenvalue weighted by molar-refractivity contribution is 0.318. The van der Waals surface area contributed by atoms with Gasteiger partial charge in [0, 0.05) is 6.54 Å². The average molecular weight is 190 g/mol. The molecule has 0 radical (unpaired) electrons. The summed E-state index contributed by atoms with van der Waals surface area (Å²) in [6, 6.07) is 0. The molecule has 3 nitrogen and oxygen atoms in total. The van der Waals surface area contributed by atoms with Gasteiger partial charge in [-0.2, -0.15) is 5.10 Å². The molecule has 5 heteroatoms. The molecule has 1 aromatic rings. The van der Waals surface area contributed by atoms with E-state index >= 15 is 0 Å². The van der Waals surface area contributed by atoms with Crippen molar-refractivity contribution in [1.29, 1.82) is 0 Å². The molecule has 0 aliphatic rings. The van der Waals surface area contributed by atoms with E-state index in [1.165, 1.54) is 11.6 Å². The molecular weight excluding hydrogens is 179 g/mol. The molecule has 0 aromatic carbocycles. The fraction of sp³-hybridized carbons (Fsp3) is 0.714. The molecule has 12 heavy (non-hydrogen) atoms. The van der Waals surface area contributed by atoms with Crippen LogP contribution < -0.4 is 4.87 Å². The van der Waals surface area contributed by atoms with E-state index in [4.69, 9.17) is 0 Å². The third kappa shape index (κ3) is 2.41. The molecule has 68 valence electrons. The van der Waals surface area contributed by atoms with Gasteiger partial charge in [0.1, 0.15) is 5.01 Å². The highest BCUT2D eigenvalue weighted by Crippen LogP contribution is 1.99. The number of hydrogen-bond acceptors (Lipinski definition) is 3. The predicted octanol–water partition coefficient (Wildman–Crippen LogP) is 1.36. The average Bonchev–Trinajstić information content (AvgIpc) is 2.26. The molecule has 0 spiro atoms. The zero-order valence-electron chi connectivity index (χ0n) is 7.08. The molecule has 0 N–H and O–H groups in total. The Kier molecular flexibility index (Phi) is 2.97. The van der Waals surface area contributed by atoms with Gasteiger partial charge >= 0.3 is 4.87 Å². The standard InChI is InChI=1S/C7H11FN2OS/c1-5(8)3-4-10-7(11)12-6(2)9-10/h5H,3-4H2,1-2H3. The molecule has 0 bridgehead atoms. The minimum absolute atomic E-state index is 0.104. The zero-order valence-corrected chi connectivity index (χ0v) is 7.90. The Morgan fingerprint density at radius 1 is 1.75 bits per heavy atom. The van der Waals surface area contributed by atoms with Gasteiger partial charge in [0.2, 0.25) is 0 Å². The van der Waals surface area contributed by atoms with E-state index in [1.54, 1.807) is 6.92 Å². The molecule has 1 rings (SSSR count). The van der Waals surface area contributed by atoms with Gasteiger partial charge in [-0.15, -0.1) is 0 Å². The Balaban J connectivity index is 2.63. The van der Waals surface area contributed by atoms with Gasteiger partial charge in [-0.1, -0.05) is 11.3 Å². The van der Waals surface area contributed by atoms with Gasteiger partial charge < -0.3 is 0 Å². The number of rotatable bonds is 3. The first-order valence-corrected chi connectivity index (χ1v) is 4.60. The van der Waals surface area contributed by atoms with E-state index in [1.807, 2.05) is 0 Å². The molecule has 0 saturated heterocycles. The van der Waals surface area contributed by atoms with E-state index in [9.17, 15) is 9.18 Å². The first kappa shape index (κ1) is 9.38. The topological polar surface area (TPSA) is 34.9 Å². The van der Waals surface area contributed by atoms with Crippen LogP contribution in [-0.4, -0.2) is 16.0 Å². The summed E-state index contributed by atoms with van der Waals surface area (Å²) in [6.45, 7) is 3.62. The lowest BCUT2D eigenvalue weighted by Crippen LogP contribution is -2.16. The minimum Gasteiger partial charge on any atom is -0.255 e. The fourth-order valence-corrected chi connectivity index (χ4v) is 1.48. The van der Waals surface area contributed by atoms with E-state index in [0.29, 0.717) is 13.0 Å². The first-order valence-electron chi connectivity index (χ1n) is 3.78. The second kappa shape index (κ2) is 3.80. The minimum atomic E-state index is -0.876. The van der Waals surface area contributed by atoms with Crippen molar-refractivity contribution in [2.24, 2.45) is 0 Å². The summed E-state index contributed by atoms with van der Waals surface area (Å²) in [7, 11) is 0. The number of hydrogen-bond donors (Lipinski definition) is 0. The van der Waals surface area contributed by atoms with Crippen molar-refractivity contribution in [3.8, 4) is 0 Å². The van der Waals surface area contributed by atoms with E-state index in [2.05, 4.69) is 5.10 Å². The molecule has 0 saturated carbocycles. The van der Waals surface area contributed by atoms with Crippen molar-refractivity contribution in [3.63, 3.8) is 0 Å². The molecule has 0 aliphatic carbocycles. The Labute approximate surface area is 73.8 Å². The summed E-state index contributed by atoms with van der Waals surface area (Å²) >= 11 is 1.09. The number of aromatic nitrogens is 2. The SMILES string of the molecule is Cc1nn(CCC(C)F)c(=O)s1. The van der Waals surface area contributed by atoms with Crippen LogP contribution in [0.1, 0.15) is 18.4 Å². The summed E-state index contributed by atoms with van der Waals surface area (Å²) in [4.78, 5) is 10.9. The lowest BCUT2D eigenvalue weighted by atomic mass is 10.3. The highest BCUT2D eigenvalue weighted by molar-refractivity contribution is 7.08. The van der Waals surface area contributed by atoms with Crippen LogP contribution in [0.4, 0.5) is 4.39 Å². The Bertz CT molecular complexity index is 305. The molecule has 0 fully saturated rings. The normalized spacial score (nSPS) is 13.2. The van der Waals surface area contributed by atoms with E-state index in [-0.39, 0.29) is 4.87 Å². The van der Waals surface area contributed by atoms with Gasteiger partial charge in [0.25, 0.3) is 0 Å². The Hall–Kier alpha value is -0.710. The lowest BCUT2D eigenvalue weighted by Gasteiger charge is -1.99. The van der Waals surface area contributed by atoms with Gasteiger partial charge in [-0.25, -0.2) is 9.07 Å². The Morgan fingerprint density at radius 2 is 2.42 bits per heavy atom. The van der Waals surface area contributed by atoms with E-state index < -0.39 is 6.17 Å². The Morgan fingerprint density at radius 3 is 2.83 bits per heavy atom. The van der Waals surface area contributed by atoms with Crippen molar-refractivity contribution in [2.75, 3.05) is 0 Å². The van der Waals surface area contributed by atoms with Crippen LogP contribution in [-0.2, 0) is 6.54 Å². The van der Waals surface area contributed by atoms with E-state index in [0.717, 1.165) is 16.3 Å². The number of alkyl halides is 1. The van der Waals surface area contributed by atoms with Crippen LogP contribution in [0.25, 0.3) is 0 Å². The summed E-state index contributed by atoms with van der Waals surface area (Å²) in [5.74, 6) is 0. The van der Waals surface area contributed by atoms with Gasteiger partial charge in [0.05, 0.1) is 6.17 Å². The van der Waals surface area contributed by atoms with Gasteiger partial charge in [-0.05, 0) is 20.3 Å². The quantitative estimate of drug-likeness (QED) is 0.721. The fourth-order valence-electron chi connectivity index (χ4n) is 0.852. The van der Waals surface area contributed by atoms with Crippen LogP contribution in [0.2, 0.25) is 0 Å². The molecule has 1 unspecified atom stereocenters.